The summed E-state index contributed by atoms with van der Waals surface area (Å²) in [6.07, 6.45) is -0.180. The van der Waals surface area contributed by atoms with Crippen molar-refractivity contribution in [2.24, 2.45) is 0 Å². The quantitative estimate of drug-likeness (QED) is 0.880. The topological polar surface area (TPSA) is 90.2 Å². The molecule has 1 aromatic carbocycles. The molecule has 0 spiro atoms. The first-order valence-electron chi connectivity index (χ1n) is 7.01. The van der Waals surface area contributed by atoms with E-state index in [9.17, 15) is 20.0 Å². The molecule has 118 valence electrons. The molecule has 2 N–H and O–H groups in total. The number of hydrogen-bond donors (Lipinski definition) is 2. The number of nitriles is 1. The van der Waals surface area contributed by atoms with Crippen molar-refractivity contribution >= 4 is 28.2 Å². The number of nitrogens with one attached hydrogen (secondary N) is 1. The number of carbonyl (C=O) groups is 2. The summed E-state index contributed by atoms with van der Waals surface area (Å²) in [6, 6.07) is 10.7. The van der Waals surface area contributed by atoms with E-state index in [0.29, 0.717) is 16.1 Å². The van der Waals surface area contributed by atoms with Crippen LogP contribution in [0.15, 0.2) is 30.3 Å². The smallest absolute Gasteiger partial charge is 0.311 e. The van der Waals surface area contributed by atoms with Crippen molar-refractivity contribution < 1.29 is 14.7 Å². The van der Waals surface area contributed by atoms with Gasteiger partial charge in [-0.1, -0.05) is 30.3 Å². The van der Waals surface area contributed by atoms with Crippen molar-refractivity contribution in [3.8, 4) is 6.07 Å². The third-order valence-corrected chi connectivity index (χ3v) is 4.76. The van der Waals surface area contributed by atoms with Crippen LogP contribution in [0.5, 0.6) is 0 Å². The van der Waals surface area contributed by atoms with Crippen LogP contribution in [0, 0.1) is 25.2 Å². The van der Waals surface area contributed by atoms with Gasteiger partial charge in [0.15, 0.2) is 0 Å². The Morgan fingerprint density at radius 1 is 1.30 bits per heavy atom. The van der Waals surface area contributed by atoms with Gasteiger partial charge >= 0.3 is 5.97 Å². The lowest BCUT2D eigenvalue weighted by molar-refractivity contribution is -0.140. The molecular formula is C17H16N2O3S. The number of carbonyl (C=O) groups excluding carboxylic acids is 1. The van der Waals surface area contributed by atoms with Crippen LogP contribution < -0.4 is 5.32 Å². The van der Waals surface area contributed by atoms with Crippen LogP contribution in [0.1, 0.15) is 33.9 Å². The molecule has 0 saturated carbocycles. The summed E-state index contributed by atoms with van der Waals surface area (Å²) in [4.78, 5) is 24.6. The zero-order chi connectivity index (χ0) is 17.0. The normalized spacial score (nSPS) is 11.5. The van der Waals surface area contributed by atoms with Crippen LogP contribution >= 0.6 is 11.3 Å². The number of anilines is 1. The number of benzene rings is 1. The highest BCUT2D eigenvalue weighted by Gasteiger charge is 2.24. The fraction of sp³-hybridized carbons (Fsp3) is 0.235. The molecule has 2 aromatic rings. The average Bonchev–Trinajstić information content (AvgIpc) is 2.79. The van der Waals surface area contributed by atoms with E-state index in [1.54, 1.807) is 30.3 Å². The molecule has 0 fully saturated rings. The Balaban J connectivity index is 2.17. The lowest BCUT2D eigenvalue weighted by atomic mass is 9.95. The van der Waals surface area contributed by atoms with Gasteiger partial charge in [0.1, 0.15) is 11.1 Å². The minimum Gasteiger partial charge on any atom is -0.481 e. The van der Waals surface area contributed by atoms with Crippen molar-refractivity contribution in [3.63, 3.8) is 0 Å². The third kappa shape index (κ3) is 3.76. The number of nitrogens with zero attached hydrogens (tertiary/aromatic N) is 1. The molecule has 0 bridgehead atoms. The second-order valence-electron chi connectivity index (χ2n) is 5.15. The Bertz CT molecular complexity index is 775. The molecule has 1 amide bonds. The lowest BCUT2D eigenvalue weighted by Gasteiger charge is -2.12. The molecule has 23 heavy (non-hydrogen) atoms. The molecule has 5 nitrogen and oxygen atoms in total. The van der Waals surface area contributed by atoms with E-state index in [4.69, 9.17) is 0 Å². The van der Waals surface area contributed by atoms with Gasteiger partial charge in [0.2, 0.25) is 5.91 Å². The molecule has 0 aliphatic rings. The van der Waals surface area contributed by atoms with E-state index in [1.807, 2.05) is 13.8 Å². The second-order valence-corrected chi connectivity index (χ2v) is 6.38. The molecule has 1 aromatic heterocycles. The predicted molar refractivity (Wildman–Crippen MR) is 88.6 cm³/mol. The first kappa shape index (κ1) is 16.7. The highest BCUT2D eigenvalue weighted by molar-refractivity contribution is 7.16. The summed E-state index contributed by atoms with van der Waals surface area (Å²) in [6.45, 7) is 3.70. The van der Waals surface area contributed by atoms with Crippen LogP contribution in [0.4, 0.5) is 5.00 Å². The number of amides is 1. The first-order chi connectivity index (χ1) is 10.9. The Morgan fingerprint density at radius 3 is 2.52 bits per heavy atom. The minimum absolute atomic E-state index is 0.180. The van der Waals surface area contributed by atoms with E-state index >= 15 is 0 Å². The van der Waals surface area contributed by atoms with Crippen molar-refractivity contribution in [2.75, 3.05) is 5.32 Å². The molecule has 0 radical (unpaired) electrons. The first-order valence-corrected chi connectivity index (χ1v) is 7.83. The van der Waals surface area contributed by atoms with Gasteiger partial charge < -0.3 is 10.4 Å². The maximum absolute atomic E-state index is 12.2. The van der Waals surface area contributed by atoms with Crippen LogP contribution in [0.3, 0.4) is 0 Å². The monoisotopic (exact) mass is 328 g/mol. The summed E-state index contributed by atoms with van der Waals surface area (Å²) in [5.41, 5.74) is 1.85. The highest BCUT2D eigenvalue weighted by atomic mass is 32.1. The molecule has 1 heterocycles. The molecule has 0 saturated heterocycles. The minimum atomic E-state index is -1.05. The number of carboxylic acids is 1. The Kier molecular flexibility index (Phi) is 5.14. The number of carboxylic acid groups (broad SMARTS) is 1. The maximum atomic E-state index is 12.2. The van der Waals surface area contributed by atoms with E-state index in [-0.39, 0.29) is 6.42 Å². The SMILES string of the molecule is Cc1sc(NC(=O)CC(C(=O)O)c2ccccc2)c(C#N)c1C. The Hall–Kier alpha value is -2.65. The predicted octanol–water partition coefficient (Wildman–Crippen LogP) is 3.43. The molecule has 0 aliphatic carbocycles. The van der Waals surface area contributed by atoms with Gasteiger partial charge in [0, 0.05) is 11.3 Å². The zero-order valence-electron chi connectivity index (χ0n) is 12.8. The van der Waals surface area contributed by atoms with E-state index < -0.39 is 17.8 Å². The molecule has 0 aliphatic heterocycles. The van der Waals surface area contributed by atoms with E-state index in [1.165, 1.54) is 11.3 Å². The van der Waals surface area contributed by atoms with E-state index in [2.05, 4.69) is 11.4 Å². The van der Waals surface area contributed by atoms with Crippen molar-refractivity contribution in [1.82, 2.24) is 0 Å². The summed E-state index contributed by atoms with van der Waals surface area (Å²) >= 11 is 1.32. The summed E-state index contributed by atoms with van der Waals surface area (Å²) in [7, 11) is 0. The number of hydrogen-bond acceptors (Lipinski definition) is 4. The van der Waals surface area contributed by atoms with Gasteiger partial charge in [-0.15, -0.1) is 11.3 Å². The third-order valence-electron chi connectivity index (χ3n) is 3.64. The lowest BCUT2D eigenvalue weighted by Crippen LogP contribution is -2.20. The Labute approximate surface area is 138 Å². The number of thiophene rings is 1. The molecule has 6 heteroatoms. The number of rotatable bonds is 5. The van der Waals surface area contributed by atoms with Gasteiger partial charge in [0.05, 0.1) is 11.5 Å². The van der Waals surface area contributed by atoms with Crippen LogP contribution in [-0.4, -0.2) is 17.0 Å². The van der Waals surface area contributed by atoms with Crippen LogP contribution in [0.2, 0.25) is 0 Å². The van der Waals surface area contributed by atoms with Crippen molar-refractivity contribution in [3.05, 3.63) is 51.9 Å². The van der Waals surface area contributed by atoms with Crippen molar-refractivity contribution in [1.29, 1.82) is 5.26 Å². The van der Waals surface area contributed by atoms with Gasteiger partial charge in [-0.3, -0.25) is 9.59 Å². The molecule has 1 atom stereocenters. The van der Waals surface area contributed by atoms with Crippen molar-refractivity contribution in [2.45, 2.75) is 26.2 Å². The van der Waals surface area contributed by atoms with E-state index in [0.717, 1.165) is 10.4 Å². The largest absolute Gasteiger partial charge is 0.481 e. The standard InChI is InChI=1S/C17H16N2O3S/c1-10-11(2)23-16(14(10)9-18)19-15(20)8-13(17(21)22)12-6-4-3-5-7-12/h3-7,13H,8H2,1-2H3,(H,19,20)(H,21,22). The van der Waals surface area contributed by atoms with Gasteiger partial charge in [0.25, 0.3) is 0 Å². The summed E-state index contributed by atoms with van der Waals surface area (Å²) < 4.78 is 0. The molecular weight excluding hydrogens is 312 g/mol. The second kappa shape index (κ2) is 7.07. The fourth-order valence-electron chi connectivity index (χ4n) is 2.25. The maximum Gasteiger partial charge on any atom is 0.311 e. The Morgan fingerprint density at radius 2 is 1.96 bits per heavy atom. The summed E-state index contributed by atoms with van der Waals surface area (Å²) in [5.74, 6) is -2.38. The van der Waals surface area contributed by atoms with Gasteiger partial charge in [-0.25, -0.2) is 0 Å². The molecule has 2 rings (SSSR count). The van der Waals surface area contributed by atoms with Gasteiger partial charge in [-0.2, -0.15) is 5.26 Å². The fourth-order valence-corrected chi connectivity index (χ4v) is 3.27. The number of aliphatic carboxylic acids is 1. The number of aryl methyl sites for hydroxylation is 1. The van der Waals surface area contributed by atoms with Crippen LogP contribution in [-0.2, 0) is 9.59 Å². The average molecular weight is 328 g/mol. The molecule has 1 unspecified atom stereocenters. The van der Waals surface area contributed by atoms with Gasteiger partial charge in [-0.05, 0) is 25.0 Å². The highest BCUT2D eigenvalue weighted by Crippen LogP contribution is 2.32. The zero-order valence-corrected chi connectivity index (χ0v) is 13.6. The van der Waals surface area contributed by atoms with Crippen LogP contribution in [0.25, 0.3) is 0 Å². The summed E-state index contributed by atoms with van der Waals surface area (Å²) in [5, 5.41) is 21.7.